The van der Waals surface area contributed by atoms with E-state index in [0.29, 0.717) is 24.7 Å². The van der Waals surface area contributed by atoms with Crippen LogP contribution in [0.3, 0.4) is 0 Å². The molecule has 2 rings (SSSR count). The average Bonchev–Trinajstić information content (AvgIpc) is 3.04. The van der Waals surface area contributed by atoms with Crippen LogP contribution in [0.15, 0.2) is 42.6 Å². The summed E-state index contributed by atoms with van der Waals surface area (Å²) in [6.07, 6.45) is 4.46. The van der Waals surface area contributed by atoms with Crippen molar-refractivity contribution >= 4 is 18.0 Å². The van der Waals surface area contributed by atoms with Gasteiger partial charge in [-0.15, -0.1) is 5.10 Å². The zero-order valence-corrected chi connectivity index (χ0v) is 14.4. The average molecular weight is 342 g/mol. The van der Waals surface area contributed by atoms with Crippen LogP contribution >= 0.6 is 0 Å². The molecule has 25 heavy (non-hydrogen) atoms. The predicted octanol–water partition coefficient (Wildman–Crippen LogP) is 1.65. The molecule has 0 saturated carbocycles. The fraction of sp³-hybridized carbons (Fsp3) is 0.333. The molecular weight excluding hydrogens is 320 g/mol. The van der Waals surface area contributed by atoms with Crippen molar-refractivity contribution in [3.63, 3.8) is 0 Å². The van der Waals surface area contributed by atoms with Gasteiger partial charge in [-0.2, -0.15) is 0 Å². The molecular formula is C18H22N4O3. The van der Waals surface area contributed by atoms with E-state index in [4.69, 9.17) is 4.74 Å². The number of aromatic nitrogens is 3. The molecule has 0 radical (unpaired) electrons. The Balaban J connectivity index is 1.77. The van der Waals surface area contributed by atoms with Crippen LogP contribution < -0.4 is 5.32 Å². The minimum absolute atomic E-state index is 0.295. The van der Waals surface area contributed by atoms with E-state index in [1.54, 1.807) is 10.9 Å². The molecule has 0 saturated heterocycles. The lowest BCUT2D eigenvalue weighted by Gasteiger charge is -2.07. The van der Waals surface area contributed by atoms with Crippen LogP contribution in [0.1, 0.15) is 25.1 Å². The van der Waals surface area contributed by atoms with E-state index in [9.17, 15) is 9.59 Å². The number of nitrogens with zero attached hydrogens (tertiary/aromatic N) is 3. The molecule has 1 aromatic heterocycles. The lowest BCUT2D eigenvalue weighted by molar-refractivity contribution is -0.143. The largest absolute Gasteiger partial charge is 0.452 e. The van der Waals surface area contributed by atoms with Crippen molar-refractivity contribution in [3.05, 3.63) is 53.9 Å². The number of esters is 1. The number of hydrogen-bond acceptors (Lipinski definition) is 5. The van der Waals surface area contributed by atoms with Crippen LogP contribution in [0, 0.1) is 5.92 Å². The van der Waals surface area contributed by atoms with Crippen molar-refractivity contribution in [2.45, 2.75) is 20.4 Å². The lowest BCUT2D eigenvalue weighted by Crippen LogP contribution is -2.31. The number of rotatable bonds is 8. The Labute approximate surface area is 146 Å². The molecule has 1 N–H and O–H groups in total. The molecule has 7 nitrogen and oxygen atoms in total. The topological polar surface area (TPSA) is 86.1 Å². The summed E-state index contributed by atoms with van der Waals surface area (Å²) < 4.78 is 6.55. The Kier molecular flexibility index (Phi) is 6.88. The summed E-state index contributed by atoms with van der Waals surface area (Å²) in [6, 6.07) is 9.87. The highest BCUT2D eigenvalue weighted by atomic mass is 16.5. The van der Waals surface area contributed by atoms with E-state index < -0.39 is 5.97 Å². The molecule has 0 aliphatic carbocycles. The number of ether oxygens (including phenoxy) is 1. The standard InChI is InChI=1S/C18H22N4O3/c1-14(2)10-19-17(23)13-25-18(24)9-8-16-12-22(21-20-16)11-15-6-4-3-5-7-15/h3-9,12,14H,10-11,13H2,1-2H3,(H,19,23)/b9-8+. The second kappa shape index (κ2) is 9.36. The van der Waals surface area contributed by atoms with E-state index >= 15 is 0 Å². The first kappa shape index (κ1) is 18.4. The molecule has 0 bridgehead atoms. The number of amides is 1. The first-order valence-corrected chi connectivity index (χ1v) is 8.08. The maximum Gasteiger partial charge on any atom is 0.331 e. The van der Waals surface area contributed by atoms with E-state index in [1.165, 1.54) is 12.2 Å². The van der Waals surface area contributed by atoms with Crippen LogP contribution in [0.4, 0.5) is 0 Å². The van der Waals surface area contributed by atoms with Crippen LogP contribution in [0.5, 0.6) is 0 Å². The molecule has 0 aliphatic heterocycles. The first-order chi connectivity index (χ1) is 12.0. The van der Waals surface area contributed by atoms with Gasteiger partial charge in [0.05, 0.1) is 12.7 Å². The van der Waals surface area contributed by atoms with Gasteiger partial charge in [0.25, 0.3) is 5.91 Å². The fourth-order valence-electron chi connectivity index (χ4n) is 1.94. The third-order valence-electron chi connectivity index (χ3n) is 3.19. The highest BCUT2D eigenvalue weighted by Crippen LogP contribution is 2.03. The molecule has 0 fully saturated rings. The van der Waals surface area contributed by atoms with E-state index in [2.05, 4.69) is 15.6 Å². The summed E-state index contributed by atoms with van der Waals surface area (Å²) in [6.45, 7) is 4.83. The van der Waals surface area contributed by atoms with Crippen molar-refractivity contribution in [2.75, 3.05) is 13.2 Å². The summed E-state index contributed by atoms with van der Waals surface area (Å²) in [5, 5.41) is 10.6. The van der Waals surface area contributed by atoms with Crippen molar-refractivity contribution < 1.29 is 14.3 Å². The van der Waals surface area contributed by atoms with E-state index in [0.717, 1.165) is 5.56 Å². The fourth-order valence-corrected chi connectivity index (χ4v) is 1.94. The molecule has 1 amide bonds. The SMILES string of the molecule is CC(C)CNC(=O)COC(=O)/C=C/c1cn(Cc2ccccc2)nn1. The Morgan fingerprint density at radius 1 is 1.28 bits per heavy atom. The summed E-state index contributed by atoms with van der Waals surface area (Å²) in [4.78, 5) is 23.1. The maximum absolute atomic E-state index is 11.6. The zero-order valence-electron chi connectivity index (χ0n) is 14.4. The second-order valence-corrected chi connectivity index (χ2v) is 5.97. The molecule has 2 aromatic rings. The highest BCUT2D eigenvalue weighted by Gasteiger charge is 2.06. The van der Waals surface area contributed by atoms with Crippen LogP contribution in [0.25, 0.3) is 6.08 Å². The zero-order chi connectivity index (χ0) is 18.1. The van der Waals surface area contributed by atoms with Gasteiger partial charge in [-0.3, -0.25) is 4.79 Å². The number of hydrogen-bond donors (Lipinski definition) is 1. The molecule has 0 aliphatic rings. The molecule has 1 heterocycles. The summed E-state index contributed by atoms with van der Waals surface area (Å²) in [5.41, 5.74) is 1.65. The molecule has 132 valence electrons. The third-order valence-corrected chi connectivity index (χ3v) is 3.19. The number of carbonyl (C=O) groups is 2. The van der Waals surface area contributed by atoms with Crippen molar-refractivity contribution in [1.82, 2.24) is 20.3 Å². The Bertz CT molecular complexity index is 723. The number of carbonyl (C=O) groups excluding carboxylic acids is 2. The van der Waals surface area contributed by atoms with Gasteiger partial charge in [0, 0.05) is 12.6 Å². The molecule has 0 unspecified atom stereocenters. The van der Waals surface area contributed by atoms with Crippen LogP contribution in [0.2, 0.25) is 0 Å². The highest BCUT2D eigenvalue weighted by molar-refractivity contribution is 5.88. The van der Waals surface area contributed by atoms with Gasteiger partial charge in [0.2, 0.25) is 0 Å². The van der Waals surface area contributed by atoms with Gasteiger partial charge in [-0.1, -0.05) is 49.4 Å². The van der Waals surface area contributed by atoms with Crippen LogP contribution in [-0.4, -0.2) is 40.0 Å². The smallest absolute Gasteiger partial charge is 0.331 e. The Hall–Kier alpha value is -2.96. The molecule has 0 atom stereocenters. The van der Waals surface area contributed by atoms with Crippen molar-refractivity contribution in [3.8, 4) is 0 Å². The molecule has 7 heteroatoms. The normalized spacial score (nSPS) is 11.0. The van der Waals surface area contributed by atoms with Gasteiger partial charge in [0.1, 0.15) is 5.69 Å². The van der Waals surface area contributed by atoms with Gasteiger partial charge in [-0.25, -0.2) is 9.48 Å². The monoisotopic (exact) mass is 342 g/mol. The molecule has 0 spiro atoms. The quantitative estimate of drug-likeness (QED) is 0.582. The van der Waals surface area contributed by atoms with Gasteiger partial charge >= 0.3 is 5.97 Å². The predicted molar refractivity (Wildman–Crippen MR) is 93.4 cm³/mol. The summed E-state index contributed by atoms with van der Waals surface area (Å²) in [5.74, 6) is -0.570. The Morgan fingerprint density at radius 3 is 2.76 bits per heavy atom. The number of benzene rings is 1. The summed E-state index contributed by atoms with van der Waals surface area (Å²) >= 11 is 0. The minimum atomic E-state index is -0.600. The third kappa shape index (κ3) is 6.99. The van der Waals surface area contributed by atoms with E-state index in [1.807, 2.05) is 44.2 Å². The van der Waals surface area contributed by atoms with Crippen molar-refractivity contribution in [1.29, 1.82) is 0 Å². The van der Waals surface area contributed by atoms with Crippen molar-refractivity contribution in [2.24, 2.45) is 5.92 Å². The van der Waals surface area contributed by atoms with E-state index in [-0.39, 0.29) is 12.5 Å². The number of nitrogens with one attached hydrogen (secondary N) is 1. The van der Waals surface area contributed by atoms with Crippen LogP contribution in [-0.2, 0) is 20.9 Å². The second-order valence-electron chi connectivity index (χ2n) is 5.97. The molecule has 1 aromatic carbocycles. The lowest BCUT2D eigenvalue weighted by atomic mass is 10.2. The van der Waals surface area contributed by atoms with Gasteiger partial charge < -0.3 is 10.1 Å². The summed E-state index contributed by atoms with van der Waals surface area (Å²) in [7, 11) is 0. The maximum atomic E-state index is 11.6. The minimum Gasteiger partial charge on any atom is -0.452 e. The first-order valence-electron chi connectivity index (χ1n) is 8.08. The Morgan fingerprint density at radius 2 is 2.04 bits per heavy atom. The van der Waals surface area contributed by atoms with Gasteiger partial charge in [0.15, 0.2) is 6.61 Å². The van der Waals surface area contributed by atoms with Gasteiger partial charge in [-0.05, 0) is 17.6 Å².